The quantitative estimate of drug-likeness (QED) is 0.834. The van der Waals surface area contributed by atoms with Gasteiger partial charge in [0.25, 0.3) is 0 Å². The van der Waals surface area contributed by atoms with Crippen molar-refractivity contribution in [2.24, 2.45) is 5.73 Å². The largest absolute Gasteiger partial charge is 0.389 e. The fourth-order valence-electron chi connectivity index (χ4n) is 2.63. The van der Waals surface area contributed by atoms with Gasteiger partial charge in [0.2, 0.25) is 0 Å². The Kier molecular flexibility index (Phi) is 3.67. The number of rotatable bonds is 3. The molecule has 0 unspecified atom stereocenters. The maximum absolute atomic E-state index is 5.81. The third-order valence-electron chi connectivity index (χ3n) is 3.67. The highest BCUT2D eigenvalue weighted by Crippen LogP contribution is 2.29. The van der Waals surface area contributed by atoms with Gasteiger partial charge in [-0.15, -0.1) is 0 Å². The van der Waals surface area contributed by atoms with E-state index < -0.39 is 0 Å². The average molecular weight is 248 g/mol. The van der Waals surface area contributed by atoms with Crippen molar-refractivity contribution in [2.75, 3.05) is 11.9 Å². The van der Waals surface area contributed by atoms with E-state index in [0.717, 1.165) is 5.56 Å². The second-order valence-corrected chi connectivity index (χ2v) is 5.37. The lowest BCUT2D eigenvalue weighted by molar-refractivity contribution is 0.653. The number of aryl methyl sites for hydroxylation is 1. The summed E-state index contributed by atoms with van der Waals surface area (Å²) in [6, 6.07) is 6.94. The summed E-state index contributed by atoms with van der Waals surface area (Å²) in [7, 11) is 2.16. The van der Waals surface area contributed by atoms with Gasteiger partial charge >= 0.3 is 0 Å². The Morgan fingerprint density at radius 1 is 1.35 bits per heavy atom. The number of thiocarbonyl (C=S) groups is 1. The van der Waals surface area contributed by atoms with Gasteiger partial charge in [0.15, 0.2) is 0 Å². The Balaban J connectivity index is 2.34. The van der Waals surface area contributed by atoms with E-state index >= 15 is 0 Å². The van der Waals surface area contributed by atoms with Crippen LogP contribution in [0.15, 0.2) is 18.2 Å². The molecule has 0 spiro atoms. The third-order valence-corrected chi connectivity index (χ3v) is 3.89. The zero-order chi connectivity index (χ0) is 12.4. The van der Waals surface area contributed by atoms with Gasteiger partial charge in [-0.3, -0.25) is 0 Å². The molecule has 0 amide bonds. The van der Waals surface area contributed by atoms with E-state index in [4.69, 9.17) is 18.0 Å². The lowest BCUT2D eigenvalue weighted by atomic mass is 10.1. The van der Waals surface area contributed by atoms with Gasteiger partial charge in [0, 0.05) is 24.3 Å². The standard InChI is InChI=1S/C14H20N2S/c1-10-7-8-12(14(15)17)13(9-10)16(2)11-5-3-4-6-11/h7-9,11H,3-6H2,1-2H3,(H2,15,17). The summed E-state index contributed by atoms with van der Waals surface area (Å²) in [6.45, 7) is 2.11. The molecule has 1 aromatic carbocycles. The fourth-order valence-corrected chi connectivity index (χ4v) is 2.80. The molecule has 1 aliphatic rings. The minimum absolute atomic E-state index is 0.491. The zero-order valence-corrected chi connectivity index (χ0v) is 11.4. The van der Waals surface area contributed by atoms with E-state index in [1.807, 2.05) is 6.07 Å². The van der Waals surface area contributed by atoms with E-state index in [1.165, 1.54) is 36.9 Å². The van der Waals surface area contributed by atoms with E-state index in [-0.39, 0.29) is 0 Å². The SMILES string of the molecule is Cc1ccc(C(N)=S)c(N(C)C2CCCC2)c1. The molecule has 1 aromatic rings. The maximum atomic E-state index is 5.81. The topological polar surface area (TPSA) is 29.3 Å². The Hall–Kier alpha value is -1.09. The van der Waals surface area contributed by atoms with Gasteiger partial charge in [0.05, 0.1) is 0 Å². The normalized spacial score (nSPS) is 16.1. The number of hydrogen-bond donors (Lipinski definition) is 1. The first-order valence-electron chi connectivity index (χ1n) is 6.23. The van der Waals surface area contributed by atoms with Crippen molar-refractivity contribution in [3.63, 3.8) is 0 Å². The van der Waals surface area contributed by atoms with Gasteiger partial charge in [0.1, 0.15) is 4.99 Å². The molecule has 0 aliphatic heterocycles. The van der Waals surface area contributed by atoms with Crippen LogP contribution in [-0.2, 0) is 0 Å². The van der Waals surface area contributed by atoms with Crippen LogP contribution in [0.2, 0.25) is 0 Å². The predicted molar refractivity (Wildman–Crippen MR) is 77.7 cm³/mol. The summed E-state index contributed by atoms with van der Waals surface area (Å²) in [5.41, 5.74) is 9.25. The molecule has 0 atom stereocenters. The molecule has 2 nitrogen and oxygen atoms in total. The van der Waals surface area contributed by atoms with Gasteiger partial charge in [-0.25, -0.2) is 0 Å². The van der Waals surface area contributed by atoms with Crippen molar-refractivity contribution >= 4 is 22.9 Å². The number of hydrogen-bond acceptors (Lipinski definition) is 2. The molecule has 1 saturated carbocycles. The molecule has 1 aliphatic carbocycles. The smallest absolute Gasteiger partial charge is 0.106 e. The van der Waals surface area contributed by atoms with Crippen LogP contribution in [0.25, 0.3) is 0 Å². The second kappa shape index (κ2) is 5.05. The van der Waals surface area contributed by atoms with Gasteiger partial charge in [-0.2, -0.15) is 0 Å². The average Bonchev–Trinajstić information content (AvgIpc) is 2.80. The molecule has 0 aromatic heterocycles. The summed E-state index contributed by atoms with van der Waals surface area (Å²) >= 11 is 5.14. The Morgan fingerprint density at radius 3 is 2.59 bits per heavy atom. The molecule has 2 rings (SSSR count). The first-order chi connectivity index (χ1) is 8.09. The molecular formula is C14H20N2S. The van der Waals surface area contributed by atoms with E-state index in [0.29, 0.717) is 11.0 Å². The van der Waals surface area contributed by atoms with Crippen LogP contribution < -0.4 is 10.6 Å². The number of benzene rings is 1. The first-order valence-corrected chi connectivity index (χ1v) is 6.63. The van der Waals surface area contributed by atoms with Crippen molar-refractivity contribution in [3.8, 4) is 0 Å². The van der Waals surface area contributed by atoms with E-state index in [1.54, 1.807) is 0 Å². The Labute approximate surface area is 109 Å². The summed E-state index contributed by atoms with van der Waals surface area (Å²) in [5.74, 6) is 0. The third kappa shape index (κ3) is 2.60. The van der Waals surface area contributed by atoms with Crippen LogP contribution in [0.5, 0.6) is 0 Å². The van der Waals surface area contributed by atoms with Crippen LogP contribution in [-0.4, -0.2) is 18.1 Å². The minimum atomic E-state index is 0.491. The van der Waals surface area contributed by atoms with Crippen molar-refractivity contribution in [1.82, 2.24) is 0 Å². The van der Waals surface area contributed by atoms with E-state index in [2.05, 4.69) is 31.0 Å². The number of nitrogens with two attached hydrogens (primary N) is 1. The van der Waals surface area contributed by atoms with E-state index in [9.17, 15) is 0 Å². The fraction of sp³-hybridized carbons (Fsp3) is 0.500. The number of nitrogens with zero attached hydrogens (tertiary/aromatic N) is 1. The molecule has 0 bridgehead atoms. The summed E-state index contributed by atoms with van der Waals surface area (Å²) in [4.78, 5) is 2.85. The van der Waals surface area contributed by atoms with Crippen molar-refractivity contribution in [1.29, 1.82) is 0 Å². The summed E-state index contributed by atoms with van der Waals surface area (Å²) in [6.07, 6.45) is 5.23. The molecule has 1 fully saturated rings. The highest BCUT2D eigenvalue weighted by Gasteiger charge is 2.22. The molecule has 0 radical (unpaired) electrons. The highest BCUT2D eigenvalue weighted by molar-refractivity contribution is 7.80. The van der Waals surface area contributed by atoms with Crippen molar-refractivity contribution in [2.45, 2.75) is 38.6 Å². The maximum Gasteiger partial charge on any atom is 0.106 e. The monoisotopic (exact) mass is 248 g/mol. The molecule has 3 heteroatoms. The van der Waals surface area contributed by atoms with Gasteiger partial charge in [-0.1, -0.05) is 31.1 Å². The Morgan fingerprint density at radius 2 is 2.00 bits per heavy atom. The zero-order valence-electron chi connectivity index (χ0n) is 10.6. The summed E-state index contributed by atoms with van der Waals surface area (Å²) in [5, 5.41) is 0. The van der Waals surface area contributed by atoms with Gasteiger partial charge in [-0.05, 0) is 37.5 Å². The molecule has 17 heavy (non-hydrogen) atoms. The van der Waals surface area contributed by atoms with Crippen molar-refractivity contribution in [3.05, 3.63) is 29.3 Å². The lowest BCUT2D eigenvalue weighted by Crippen LogP contribution is -2.31. The van der Waals surface area contributed by atoms with Crippen LogP contribution in [0.3, 0.4) is 0 Å². The summed E-state index contributed by atoms with van der Waals surface area (Å²) < 4.78 is 0. The van der Waals surface area contributed by atoms with Crippen molar-refractivity contribution < 1.29 is 0 Å². The number of anilines is 1. The molecule has 0 heterocycles. The molecule has 92 valence electrons. The minimum Gasteiger partial charge on any atom is -0.389 e. The molecular weight excluding hydrogens is 228 g/mol. The molecule has 2 N–H and O–H groups in total. The first kappa shape index (κ1) is 12.4. The van der Waals surface area contributed by atoms with Crippen LogP contribution >= 0.6 is 12.2 Å². The highest BCUT2D eigenvalue weighted by atomic mass is 32.1. The molecule has 0 saturated heterocycles. The van der Waals surface area contributed by atoms with Crippen LogP contribution in [0.4, 0.5) is 5.69 Å². The lowest BCUT2D eigenvalue weighted by Gasteiger charge is -2.28. The van der Waals surface area contributed by atoms with Crippen LogP contribution in [0, 0.1) is 6.92 Å². The Bertz CT molecular complexity index is 422. The second-order valence-electron chi connectivity index (χ2n) is 4.93. The van der Waals surface area contributed by atoms with Gasteiger partial charge < -0.3 is 10.6 Å². The van der Waals surface area contributed by atoms with Crippen LogP contribution in [0.1, 0.15) is 36.8 Å². The predicted octanol–water partition coefficient (Wildman–Crippen LogP) is 3.01.